The third kappa shape index (κ3) is 5.58. The molecule has 0 fully saturated rings. The van der Waals surface area contributed by atoms with Gasteiger partial charge in [0.1, 0.15) is 17.3 Å². The lowest BCUT2D eigenvalue weighted by atomic mass is 10.1. The highest BCUT2D eigenvalue weighted by molar-refractivity contribution is 7.93. The second-order valence-electron chi connectivity index (χ2n) is 6.83. The summed E-state index contributed by atoms with van der Waals surface area (Å²) < 4.78 is 46.3. The Morgan fingerprint density at radius 1 is 1.12 bits per heavy atom. The highest BCUT2D eigenvalue weighted by atomic mass is 35.5. The highest BCUT2D eigenvalue weighted by Gasteiger charge is 2.28. The second kappa shape index (κ2) is 10.3. The van der Waals surface area contributed by atoms with Gasteiger partial charge in [0.2, 0.25) is 0 Å². The number of esters is 1. The van der Waals surface area contributed by atoms with Crippen molar-refractivity contribution < 1.29 is 22.3 Å². The molecule has 0 aliphatic rings. The van der Waals surface area contributed by atoms with Crippen molar-refractivity contribution in [3.8, 4) is 6.07 Å². The summed E-state index contributed by atoms with van der Waals surface area (Å²) in [5, 5.41) is 8.76. The number of hydrogen-bond acceptors (Lipinski definition) is 5. The average Bonchev–Trinajstić information content (AvgIpc) is 2.82. The number of nitrogens with zero attached hydrogens (tertiary/aromatic N) is 2. The van der Waals surface area contributed by atoms with Crippen LogP contribution in [0, 0.1) is 17.1 Å². The summed E-state index contributed by atoms with van der Waals surface area (Å²) in [7, 11) is -4.22. The Bertz CT molecular complexity index is 1320. The van der Waals surface area contributed by atoms with Crippen LogP contribution in [-0.4, -0.2) is 20.9 Å². The molecule has 33 heavy (non-hydrogen) atoms. The number of nitriles is 1. The van der Waals surface area contributed by atoms with Crippen molar-refractivity contribution in [1.82, 2.24) is 0 Å². The zero-order chi connectivity index (χ0) is 24.0. The molecule has 0 aliphatic heterocycles. The molecular formula is C24H18ClFN2O4S. The van der Waals surface area contributed by atoms with Crippen molar-refractivity contribution in [3.05, 3.63) is 107 Å². The van der Waals surface area contributed by atoms with Gasteiger partial charge in [-0.15, -0.1) is 6.58 Å². The number of carbonyl (C=O) groups excluding carboxylic acids is 1. The van der Waals surface area contributed by atoms with Gasteiger partial charge in [-0.25, -0.2) is 17.6 Å². The minimum atomic E-state index is -4.22. The lowest BCUT2D eigenvalue weighted by molar-refractivity contribution is 0.0472. The molecule has 168 valence electrons. The van der Waals surface area contributed by atoms with Crippen LogP contribution >= 0.6 is 11.6 Å². The first-order chi connectivity index (χ1) is 15.8. The van der Waals surface area contributed by atoms with Gasteiger partial charge in [-0.05, 0) is 60.2 Å². The van der Waals surface area contributed by atoms with Gasteiger partial charge in [0.25, 0.3) is 10.0 Å². The minimum Gasteiger partial charge on any atom is -0.457 e. The van der Waals surface area contributed by atoms with E-state index >= 15 is 0 Å². The van der Waals surface area contributed by atoms with E-state index in [-0.39, 0.29) is 34.3 Å². The van der Waals surface area contributed by atoms with Crippen molar-refractivity contribution in [2.24, 2.45) is 0 Å². The van der Waals surface area contributed by atoms with E-state index in [2.05, 4.69) is 6.58 Å². The lowest BCUT2D eigenvalue weighted by Gasteiger charge is -2.24. The van der Waals surface area contributed by atoms with Gasteiger partial charge in [-0.1, -0.05) is 29.8 Å². The molecule has 0 unspecified atom stereocenters. The molecule has 0 saturated heterocycles. The van der Waals surface area contributed by atoms with Crippen LogP contribution < -0.4 is 4.31 Å². The standard InChI is InChI=1S/C24H18ClFN2O4S/c1-2-13-28(21-10-8-20(26)9-11-21)33(30,31)23-14-19(7-12-22(23)25)24(29)32-16-18-5-3-17(15-27)4-6-18/h2-12,14H,1,13,16H2. The summed E-state index contributed by atoms with van der Waals surface area (Å²) >= 11 is 6.17. The predicted octanol–water partition coefficient (Wildman–Crippen LogP) is 5.09. The molecule has 0 spiro atoms. The number of rotatable bonds is 8. The molecule has 6 nitrogen and oxygen atoms in total. The molecule has 0 bridgehead atoms. The summed E-state index contributed by atoms with van der Waals surface area (Å²) in [4.78, 5) is 12.2. The van der Waals surface area contributed by atoms with Gasteiger partial charge < -0.3 is 4.74 Å². The molecule has 9 heteroatoms. The van der Waals surface area contributed by atoms with E-state index in [1.165, 1.54) is 30.3 Å². The quantitative estimate of drug-likeness (QED) is 0.328. The number of sulfonamides is 1. The van der Waals surface area contributed by atoms with Crippen LogP contribution in [0.1, 0.15) is 21.5 Å². The van der Waals surface area contributed by atoms with Crippen molar-refractivity contribution in [1.29, 1.82) is 5.26 Å². The van der Waals surface area contributed by atoms with Gasteiger partial charge in [0, 0.05) is 0 Å². The molecule has 0 amide bonds. The van der Waals surface area contributed by atoms with Crippen LogP contribution in [0.3, 0.4) is 0 Å². The SMILES string of the molecule is C=CCN(c1ccc(F)cc1)S(=O)(=O)c1cc(C(=O)OCc2ccc(C#N)cc2)ccc1Cl. The monoisotopic (exact) mass is 484 g/mol. The largest absolute Gasteiger partial charge is 0.457 e. The third-order valence-electron chi connectivity index (χ3n) is 4.60. The van der Waals surface area contributed by atoms with Crippen LogP contribution in [0.15, 0.2) is 84.3 Å². The number of ether oxygens (including phenoxy) is 1. The predicted molar refractivity (Wildman–Crippen MR) is 123 cm³/mol. The van der Waals surface area contributed by atoms with Crippen molar-refractivity contribution in [2.45, 2.75) is 11.5 Å². The summed E-state index contributed by atoms with van der Waals surface area (Å²) in [5.74, 6) is -1.26. The van der Waals surface area contributed by atoms with Gasteiger partial charge in [0.15, 0.2) is 0 Å². The maximum Gasteiger partial charge on any atom is 0.338 e. The van der Waals surface area contributed by atoms with Crippen LogP contribution in [0.5, 0.6) is 0 Å². The third-order valence-corrected chi connectivity index (χ3v) is 6.87. The first kappa shape index (κ1) is 24.0. The smallest absolute Gasteiger partial charge is 0.338 e. The summed E-state index contributed by atoms with van der Waals surface area (Å²) in [6.07, 6.45) is 1.38. The number of anilines is 1. The molecule has 0 saturated carbocycles. The molecule has 0 heterocycles. The molecule has 3 aromatic carbocycles. The zero-order valence-electron chi connectivity index (χ0n) is 17.2. The highest BCUT2D eigenvalue weighted by Crippen LogP contribution is 2.30. The Labute approximate surface area is 196 Å². The lowest BCUT2D eigenvalue weighted by Crippen LogP contribution is -2.31. The van der Waals surface area contributed by atoms with Crippen LogP contribution in [0.25, 0.3) is 0 Å². The van der Waals surface area contributed by atoms with Gasteiger partial charge in [0.05, 0.1) is 34.5 Å². The average molecular weight is 485 g/mol. The van der Waals surface area contributed by atoms with Gasteiger partial charge >= 0.3 is 5.97 Å². The number of hydrogen-bond donors (Lipinski definition) is 0. The normalized spacial score (nSPS) is 10.8. The van der Waals surface area contributed by atoms with Crippen LogP contribution in [-0.2, 0) is 21.4 Å². The van der Waals surface area contributed by atoms with Crippen LogP contribution in [0.2, 0.25) is 5.02 Å². The molecule has 0 N–H and O–H groups in total. The Hall–Kier alpha value is -3.67. The molecular weight excluding hydrogens is 467 g/mol. The molecule has 0 aliphatic carbocycles. The second-order valence-corrected chi connectivity index (χ2v) is 9.07. The van der Waals surface area contributed by atoms with Gasteiger partial charge in [-0.2, -0.15) is 5.26 Å². The van der Waals surface area contributed by atoms with Crippen molar-refractivity contribution >= 4 is 33.3 Å². The Morgan fingerprint density at radius 3 is 2.39 bits per heavy atom. The first-order valence-electron chi connectivity index (χ1n) is 9.61. The summed E-state index contributed by atoms with van der Waals surface area (Å²) in [5.41, 5.74) is 1.34. The molecule has 3 rings (SSSR count). The number of benzene rings is 3. The summed E-state index contributed by atoms with van der Waals surface area (Å²) in [6.45, 7) is 3.42. The number of halogens is 2. The van der Waals surface area contributed by atoms with Gasteiger partial charge in [-0.3, -0.25) is 4.31 Å². The number of carbonyl (C=O) groups is 1. The Morgan fingerprint density at radius 2 is 1.79 bits per heavy atom. The topological polar surface area (TPSA) is 87.5 Å². The van der Waals surface area contributed by atoms with Crippen molar-refractivity contribution in [2.75, 3.05) is 10.8 Å². The zero-order valence-corrected chi connectivity index (χ0v) is 18.8. The summed E-state index contributed by atoms with van der Waals surface area (Å²) in [6, 6.07) is 17.2. The van der Waals surface area contributed by atoms with Crippen LogP contribution in [0.4, 0.5) is 10.1 Å². The fraction of sp³-hybridized carbons (Fsp3) is 0.0833. The fourth-order valence-corrected chi connectivity index (χ4v) is 4.86. The maximum atomic E-state index is 13.4. The van der Waals surface area contributed by atoms with E-state index < -0.39 is 21.8 Å². The van der Waals surface area contributed by atoms with E-state index in [9.17, 15) is 17.6 Å². The van der Waals surface area contributed by atoms with E-state index in [4.69, 9.17) is 21.6 Å². The van der Waals surface area contributed by atoms with E-state index in [1.807, 2.05) is 6.07 Å². The van der Waals surface area contributed by atoms with E-state index in [0.717, 1.165) is 22.5 Å². The molecule has 0 aromatic heterocycles. The molecule has 0 radical (unpaired) electrons. The van der Waals surface area contributed by atoms with E-state index in [1.54, 1.807) is 24.3 Å². The molecule has 3 aromatic rings. The molecule has 0 atom stereocenters. The van der Waals surface area contributed by atoms with Crippen molar-refractivity contribution in [3.63, 3.8) is 0 Å². The maximum absolute atomic E-state index is 13.4. The van der Waals surface area contributed by atoms with E-state index in [0.29, 0.717) is 11.1 Å². The first-order valence-corrected chi connectivity index (χ1v) is 11.4. The fourth-order valence-electron chi connectivity index (χ4n) is 2.92. The Balaban J connectivity index is 1.88. The minimum absolute atomic E-state index is 0.00993. The Kier molecular flexibility index (Phi) is 7.48.